The Labute approximate surface area is 189 Å². The molecule has 0 bridgehead atoms. The fraction of sp³-hybridized carbons (Fsp3) is 0.462. The average molecular weight is 437 g/mol. The van der Waals surface area contributed by atoms with Gasteiger partial charge in [-0.3, -0.25) is 9.59 Å². The second kappa shape index (κ2) is 9.74. The number of carboxylic acid groups (broad SMARTS) is 1. The van der Waals surface area contributed by atoms with Crippen LogP contribution in [0.1, 0.15) is 68.2 Å². The number of hydrogen-bond donors (Lipinski definition) is 2. The molecule has 2 unspecified atom stereocenters. The molecule has 32 heavy (non-hydrogen) atoms. The molecule has 6 heteroatoms. The number of aryl methyl sites for hydroxylation is 1. The number of fused-ring (bicyclic) bond motifs is 1. The van der Waals surface area contributed by atoms with Gasteiger partial charge in [0.25, 0.3) is 0 Å². The van der Waals surface area contributed by atoms with E-state index in [-0.39, 0.29) is 24.4 Å². The monoisotopic (exact) mass is 436 g/mol. The molecule has 0 spiro atoms. The van der Waals surface area contributed by atoms with Crippen molar-refractivity contribution in [2.45, 2.75) is 64.0 Å². The zero-order valence-corrected chi connectivity index (χ0v) is 18.8. The van der Waals surface area contributed by atoms with E-state index in [9.17, 15) is 9.59 Å². The number of carbonyl (C=O) groups is 2. The minimum Gasteiger partial charge on any atom is -0.481 e. The Morgan fingerprint density at radius 3 is 2.50 bits per heavy atom. The Morgan fingerprint density at radius 2 is 1.84 bits per heavy atom. The van der Waals surface area contributed by atoms with Gasteiger partial charge in [-0.05, 0) is 73.4 Å². The molecule has 2 aromatic rings. The maximum absolute atomic E-state index is 12.3. The minimum atomic E-state index is -0.805. The van der Waals surface area contributed by atoms with E-state index in [1.54, 1.807) is 6.92 Å². The van der Waals surface area contributed by atoms with Crippen molar-refractivity contribution in [1.82, 2.24) is 0 Å². The van der Waals surface area contributed by atoms with Crippen molar-refractivity contribution < 1.29 is 19.4 Å². The van der Waals surface area contributed by atoms with Crippen molar-refractivity contribution in [2.75, 3.05) is 23.4 Å². The van der Waals surface area contributed by atoms with Gasteiger partial charge >= 0.3 is 5.97 Å². The topological polar surface area (TPSA) is 78.9 Å². The number of benzene rings is 2. The number of aliphatic carboxylic acids is 1. The number of hydrogen-bond acceptors (Lipinski definition) is 4. The third-order valence-electron chi connectivity index (χ3n) is 6.66. The number of ether oxygens (including phenoxy) is 1. The molecule has 1 fully saturated rings. The van der Waals surface area contributed by atoms with Crippen molar-refractivity contribution in [3.63, 3.8) is 0 Å². The highest BCUT2D eigenvalue weighted by Gasteiger charge is 2.32. The maximum Gasteiger partial charge on any atom is 0.303 e. The highest BCUT2D eigenvalue weighted by Crippen LogP contribution is 2.40. The maximum atomic E-state index is 12.3. The van der Waals surface area contributed by atoms with E-state index in [0.29, 0.717) is 12.3 Å². The zero-order chi connectivity index (χ0) is 22.7. The smallest absolute Gasteiger partial charge is 0.303 e. The number of rotatable bonds is 6. The molecule has 4 rings (SSSR count). The van der Waals surface area contributed by atoms with Crippen LogP contribution in [-0.4, -0.2) is 36.2 Å². The second-order valence-electron chi connectivity index (χ2n) is 8.97. The SMILES string of the molecule is CC(=O)N1c2ccc(CCC(=O)O)cc2C(Nc2ccc(C3CCOCC3)cc2)CC1C. The summed E-state index contributed by atoms with van der Waals surface area (Å²) in [5, 5.41) is 12.7. The number of nitrogens with zero attached hydrogens (tertiary/aromatic N) is 1. The summed E-state index contributed by atoms with van der Waals surface area (Å²) < 4.78 is 5.48. The fourth-order valence-corrected chi connectivity index (χ4v) is 5.02. The lowest BCUT2D eigenvalue weighted by molar-refractivity contribution is -0.137. The Morgan fingerprint density at radius 1 is 1.12 bits per heavy atom. The Bertz CT molecular complexity index is 966. The molecule has 0 radical (unpaired) electrons. The molecule has 2 aromatic carbocycles. The van der Waals surface area contributed by atoms with E-state index in [4.69, 9.17) is 9.84 Å². The quantitative estimate of drug-likeness (QED) is 0.674. The lowest BCUT2D eigenvalue weighted by Gasteiger charge is -2.40. The summed E-state index contributed by atoms with van der Waals surface area (Å²) in [5.41, 5.74) is 5.35. The van der Waals surface area contributed by atoms with Crippen LogP contribution < -0.4 is 10.2 Å². The first-order valence-electron chi connectivity index (χ1n) is 11.5. The second-order valence-corrected chi connectivity index (χ2v) is 8.97. The van der Waals surface area contributed by atoms with Crippen molar-refractivity contribution in [1.29, 1.82) is 0 Å². The first kappa shape index (κ1) is 22.3. The third kappa shape index (κ3) is 4.96. The first-order valence-corrected chi connectivity index (χ1v) is 11.5. The van der Waals surface area contributed by atoms with Crippen molar-refractivity contribution in [3.8, 4) is 0 Å². The highest BCUT2D eigenvalue weighted by atomic mass is 16.5. The van der Waals surface area contributed by atoms with Gasteiger partial charge in [0.1, 0.15) is 0 Å². The molecular weight excluding hydrogens is 404 g/mol. The van der Waals surface area contributed by atoms with E-state index >= 15 is 0 Å². The van der Waals surface area contributed by atoms with E-state index in [0.717, 1.165) is 55.0 Å². The molecule has 0 aromatic heterocycles. The van der Waals surface area contributed by atoms with Gasteiger partial charge in [-0.15, -0.1) is 0 Å². The third-order valence-corrected chi connectivity index (χ3v) is 6.66. The summed E-state index contributed by atoms with van der Waals surface area (Å²) in [6.07, 6.45) is 3.50. The summed E-state index contributed by atoms with van der Waals surface area (Å²) in [4.78, 5) is 25.2. The molecule has 6 nitrogen and oxygen atoms in total. The molecular formula is C26H32N2O4. The number of anilines is 2. The summed E-state index contributed by atoms with van der Waals surface area (Å²) in [5.74, 6) is -0.216. The van der Waals surface area contributed by atoms with Crippen LogP contribution in [0.2, 0.25) is 0 Å². The average Bonchev–Trinajstić information content (AvgIpc) is 2.78. The Balaban J connectivity index is 1.57. The van der Waals surface area contributed by atoms with Crippen LogP contribution in [0, 0.1) is 0 Å². The molecule has 2 aliphatic heterocycles. The van der Waals surface area contributed by atoms with E-state index in [1.807, 2.05) is 17.0 Å². The number of carbonyl (C=O) groups excluding carboxylic acids is 1. The Hall–Kier alpha value is -2.86. The minimum absolute atomic E-state index is 0.0244. The van der Waals surface area contributed by atoms with Gasteiger partial charge in [0.05, 0.1) is 6.04 Å². The molecule has 2 atom stereocenters. The molecule has 2 N–H and O–H groups in total. The fourth-order valence-electron chi connectivity index (χ4n) is 5.02. The highest BCUT2D eigenvalue weighted by molar-refractivity contribution is 5.93. The van der Waals surface area contributed by atoms with Crippen molar-refractivity contribution in [3.05, 3.63) is 59.2 Å². The van der Waals surface area contributed by atoms with Crippen LogP contribution in [0.3, 0.4) is 0 Å². The normalized spacial score (nSPS) is 21.1. The number of amides is 1. The lowest BCUT2D eigenvalue weighted by atomic mass is 9.89. The van der Waals surface area contributed by atoms with Crippen LogP contribution in [0.15, 0.2) is 42.5 Å². The van der Waals surface area contributed by atoms with Gasteiger partial charge in [-0.25, -0.2) is 0 Å². The van der Waals surface area contributed by atoms with Crippen LogP contribution in [0.5, 0.6) is 0 Å². The largest absolute Gasteiger partial charge is 0.481 e. The molecule has 2 aliphatic rings. The summed E-state index contributed by atoms with van der Waals surface area (Å²) in [6.45, 7) is 5.34. The van der Waals surface area contributed by atoms with Crippen molar-refractivity contribution in [2.24, 2.45) is 0 Å². The first-order chi connectivity index (χ1) is 15.4. The molecule has 0 aliphatic carbocycles. The molecule has 0 saturated carbocycles. The number of carboxylic acids is 1. The van der Waals surface area contributed by atoms with Gasteiger partial charge in [0.15, 0.2) is 0 Å². The molecule has 1 saturated heterocycles. The standard InChI is InChI=1S/C26H32N2O4/c1-17-15-24(27-22-7-5-20(6-8-22)21-11-13-32-14-12-21)23-16-19(4-10-26(30)31)3-9-25(23)28(17)18(2)29/h3,5-9,16-17,21,24,27H,4,10-15H2,1-2H3,(H,30,31). The van der Waals surface area contributed by atoms with Gasteiger partial charge in [-0.1, -0.05) is 24.3 Å². The molecule has 1 amide bonds. The van der Waals surface area contributed by atoms with E-state index < -0.39 is 5.97 Å². The van der Waals surface area contributed by atoms with Crippen LogP contribution in [0.25, 0.3) is 0 Å². The van der Waals surface area contributed by atoms with E-state index in [2.05, 4.69) is 42.6 Å². The van der Waals surface area contributed by atoms with Crippen LogP contribution in [-0.2, 0) is 20.7 Å². The van der Waals surface area contributed by atoms with Gasteiger partial charge in [-0.2, -0.15) is 0 Å². The summed E-state index contributed by atoms with van der Waals surface area (Å²) in [6, 6.07) is 14.8. The van der Waals surface area contributed by atoms with Gasteiger partial charge in [0, 0.05) is 44.0 Å². The van der Waals surface area contributed by atoms with Gasteiger partial charge < -0.3 is 20.1 Å². The predicted molar refractivity (Wildman–Crippen MR) is 125 cm³/mol. The summed E-state index contributed by atoms with van der Waals surface area (Å²) >= 11 is 0. The van der Waals surface area contributed by atoms with Crippen LogP contribution >= 0.6 is 0 Å². The summed E-state index contributed by atoms with van der Waals surface area (Å²) in [7, 11) is 0. The predicted octanol–water partition coefficient (Wildman–Crippen LogP) is 4.90. The van der Waals surface area contributed by atoms with Crippen LogP contribution in [0.4, 0.5) is 11.4 Å². The molecule has 2 heterocycles. The van der Waals surface area contributed by atoms with Crippen molar-refractivity contribution >= 4 is 23.3 Å². The number of nitrogens with one attached hydrogen (secondary N) is 1. The zero-order valence-electron chi connectivity index (χ0n) is 18.8. The van der Waals surface area contributed by atoms with Gasteiger partial charge in [0.2, 0.25) is 5.91 Å². The lowest BCUT2D eigenvalue weighted by Crippen LogP contribution is -2.43. The molecule has 170 valence electrons. The van der Waals surface area contributed by atoms with E-state index in [1.165, 1.54) is 5.56 Å². The Kier molecular flexibility index (Phi) is 6.80.